The lowest BCUT2D eigenvalue weighted by Crippen LogP contribution is -2.55. The van der Waals surface area contributed by atoms with Gasteiger partial charge in [0.15, 0.2) is 0 Å². The minimum absolute atomic E-state index is 0.197. The van der Waals surface area contributed by atoms with Crippen LogP contribution in [0.25, 0.3) is 0 Å². The molecule has 1 heterocycles. The molecule has 3 atom stereocenters. The molecule has 1 saturated heterocycles. The fourth-order valence-corrected chi connectivity index (χ4v) is 2.36. The van der Waals surface area contributed by atoms with Crippen molar-refractivity contribution in [2.75, 3.05) is 6.54 Å². The summed E-state index contributed by atoms with van der Waals surface area (Å²) in [5.41, 5.74) is 1.48. The molecule has 1 fully saturated rings. The van der Waals surface area contributed by atoms with E-state index in [1.807, 2.05) is 13.8 Å². The van der Waals surface area contributed by atoms with Gasteiger partial charge in [0.25, 0.3) is 5.91 Å². The normalized spacial score (nSPS) is 20.3. The van der Waals surface area contributed by atoms with Crippen molar-refractivity contribution in [1.82, 2.24) is 21.4 Å². The molecule has 0 aromatic heterocycles. The summed E-state index contributed by atoms with van der Waals surface area (Å²) in [5, 5.41) is 16.9. The van der Waals surface area contributed by atoms with Crippen LogP contribution in [0.2, 0.25) is 0 Å². The van der Waals surface area contributed by atoms with Gasteiger partial charge >= 0.3 is 0 Å². The lowest BCUT2D eigenvalue weighted by atomic mass is 10.0. The monoisotopic (exact) mass is 314 g/mol. The van der Waals surface area contributed by atoms with Crippen molar-refractivity contribution < 1.29 is 19.6 Å². The van der Waals surface area contributed by atoms with E-state index < -0.39 is 23.9 Å². The molecular formula is C14H26N4O4. The highest BCUT2D eigenvalue weighted by molar-refractivity contribution is 5.92. The molecule has 8 heteroatoms. The maximum absolute atomic E-state index is 12.3. The molecule has 0 aromatic rings. The first-order valence-corrected chi connectivity index (χ1v) is 7.63. The fraction of sp³-hybridized carbons (Fsp3) is 0.786. The van der Waals surface area contributed by atoms with E-state index >= 15 is 0 Å². The Morgan fingerprint density at radius 3 is 2.36 bits per heavy atom. The zero-order valence-electron chi connectivity index (χ0n) is 13.3. The van der Waals surface area contributed by atoms with E-state index in [1.54, 1.807) is 0 Å². The van der Waals surface area contributed by atoms with E-state index in [0.29, 0.717) is 6.42 Å². The average molecular weight is 314 g/mol. The molecule has 5 N–H and O–H groups in total. The van der Waals surface area contributed by atoms with Gasteiger partial charge in [-0.3, -0.25) is 19.6 Å². The fourth-order valence-electron chi connectivity index (χ4n) is 2.36. The van der Waals surface area contributed by atoms with Crippen LogP contribution in [0.15, 0.2) is 0 Å². The summed E-state index contributed by atoms with van der Waals surface area (Å²) in [4.78, 5) is 35.6. The summed E-state index contributed by atoms with van der Waals surface area (Å²) in [7, 11) is 0. The predicted molar refractivity (Wildman–Crippen MR) is 79.9 cm³/mol. The summed E-state index contributed by atoms with van der Waals surface area (Å²) in [5.74, 6) is -1.14. The molecule has 22 heavy (non-hydrogen) atoms. The van der Waals surface area contributed by atoms with Gasteiger partial charge in [0.2, 0.25) is 11.8 Å². The summed E-state index contributed by atoms with van der Waals surface area (Å²) in [6.45, 7) is 6.15. The minimum Gasteiger partial charge on any atom is -0.343 e. The third-order valence-electron chi connectivity index (χ3n) is 3.58. The van der Waals surface area contributed by atoms with Gasteiger partial charge in [-0.1, -0.05) is 13.8 Å². The number of nitrogens with one attached hydrogen (secondary N) is 4. The summed E-state index contributed by atoms with van der Waals surface area (Å²) >= 11 is 0. The Bertz CT molecular complexity index is 408. The molecule has 0 aliphatic carbocycles. The molecule has 1 rings (SSSR count). The second-order valence-corrected chi connectivity index (χ2v) is 6.05. The lowest BCUT2D eigenvalue weighted by molar-refractivity contribution is -0.135. The summed E-state index contributed by atoms with van der Waals surface area (Å²) in [6, 6.07) is -1.85. The molecule has 0 bridgehead atoms. The van der Waals surface area contributed by atoms with Crippen molar-refractivity contribution in [2.45, 2.75) is 58.2 Å². The molecule has 3 amide bonds. The highest BCUT2D eigenvalue weighted by Gasteiger charge is 2.29. The van der Waals surface area contributed by atoms with Crippen LogP contribution in [0.1, 0.15) is 40.0 Å². The summed E-state index contributed by atoms with van der Waals surface area (Å²) in [6.07, 6.45) is 2.16. The molecular weight excluding hydrogens is 288 g/mol. The van der Waals surface area contributed by atoms with Crippen molar-refractivity contribution in [3.63, 3.8) is 0 Å². The van der Waals surface area contributed by atoms with Gasteiger partial charge < -0.3 is 16.0 Å². The molecule has 0 spiro atoms. The maximum atomic E-state index is 12.3. The maximum Gasteiger partial charge on any atom is 0.265 e. The van der Waals surface area contributed by atoms with Crippen molar-refractivity contribution in [2.24, 2.45) is 5.92 Å². The number of hydroxylamine groups is 1. The second-order valence-electron chi connectivity index (χ2n) is 6.05. The number of hydrogen-bond donors (Lipinski definition) is 5. The Morgan fingerprint density at radius 2 is 1.86 bits per heavy atom. The topological polar surface area (TPSA) is 120 Å². The van der Waals surface area contributed by atoms with E-state index in [0.717, 1.165) is 19.4 Å². The molecule has 0 unspecified atom stereocenters. The van der Waals surface area contributed by atoms with Crippen molar-refractivity contribution in [3.05, 3.63) is 0 Å². The molecule has 0 aromatic carbocycles. The first-order valence-electron chi connectivity index (χ1n) is 7.63. The molecule has 1 aliphatic rings. The van der Waals surface area contributed by atoms with Crippen molar-refractivity contribution in [3.8, 4) is 0 Å². The van der Waals surface area contributed by atoms with Crippen LogP contribution in [0, 0.1) is 5.92 Å². The van der Waals surface area contributed by atoms with E-state index in [2.05, 4.69) is 16.0 Å². The van der Waals surface area contributed by atoms with Gasteiger partial charge in [-0.15, -0.1) is 0 Å². The van der Waals surface area contributed by atoms with E-state index in [4.69, 9.17) is 5.21 Å². The van der Waals surface area contributed by atoms with Crippen molar-refractivity contribution in [1.29, 1.82) is 0 Å². The molecule has 8 nitrogen and oxygen atoms in total. The van der Waals surface area contributed by atoms with Crippen LogP contribution in [0.3, 0.4) is 0 Å². The Labute approximate surface area is 130 Å². The standard InChI is InChI=1S/C14H26N4O4/c1-8(2)7-11(14(21)16-9(3)12(19)18-22)17-13(20)10-5-4-6-15-10/h8-11,15,22H,4-7H2,1-3H3,(H,16,21)(H,17,20)(H,18,19)/t9-,10-,11-/m0/s1. The Hall–Kier alpha value is -1.67. The Kier molecular flexibility index (Phi) is 7.26. The SMILES string of the molecule is CC(C)C[C@H](NC(=O)[C@@H]1CCCN1)C(=O)N[C@@H](C)C(=O)NO. The average Bonchev–Trinajstić information content (AvgIpc) is 2.99. The second kappa shape index (κ2) is 8.70. The van der Waals surface area contributed by atoms with Crippen LogP contribution < -0.4 is 21.4 Å². The Morgan fingerprint density at radius 1 is 1.18 bits per heavy atom. The number of hydrogen-bond acceptors (Lipinski definition) is 5. The van der Waals surface area contributed by atoms with Gasteiger partial charge in [0.05, 0.1) is 6.04 Å². The molecule has 126 valence electrons. The quantitative estimate of drug-likeness (QED) is 0.314. The van der Waals surface area contributed by atoms with Gasteiger partial charge in [0.1, 0.15) is 12.1 Å². The largest absolute Gasteiger partial charge is 0.343 e. The smallest absolute Gasteiger partial charge is 0.265 e. The molecule has 0 radical (unpaired) electrons. The van der Waals surface area contributed by atoms with E-state index in [-0.39, 0.29) is 17.9 Å². The van der Waals surface area contributed by atoms with Gasteiger partial charge in [-0.05, 0) is 38.6 Å². The third-order valence-corrected chi connectivity index (χ3v) is 3.58. The lowest BCUT2D eigenvalue weighted by Gasteiger charge is -2.23. The predicted octanol–water partition coefficient (Wildman–Crippen LogP) is -0.721. The van der Waals surface area contributed by atoms with Crippen LogP contribution in [0.5, 0.6) is 0 Å². The van der Waals surface area contributed by atoms with Crippen LogP contribution in [-0.2, 0) is 14.4 Å². The molecule has 0 saturated carbocycles. The highest BCUT2D eigenvalue weighted by Crippen LogP contribution is 2.09. The number of carbonyl (C=O) groups excluding carboxylic acids is 3. The zero-order chi connectivity index (χ0) is 16.7. The van der Waals surface area contributed by atoms with Crippen molar-refractivity contribution >= 4 is 17.7 Å². The first kappa shape index (κ1) is 18.4. The van der Waals surface area contributed by atoms with Gasteiger partial charge in [-0.25, -0.2) is 5.48 Å². The minimum atomic E-state index is -0.881. The van der Waals surface area contributed by atoms with Gasteiger partial charge in [-0.2, -0.15) is 0 Å². The number of carbonyl (C=O) groups is 3. The number of amides is 3. The molecule has 1 aliphatic heterocycles. The zero-order valence-corrected chi connectivity index (χ0v) is 13.3. The third kappa shape index (κ3) is 5.61. The van der Waals surface area contributed by atoms with E-state index in [9.17, 15) is 14.4 Å². The first-order chi connectivity index (χ1) is 10.3. The Balaban J connectivity index is 2.63. The van der Waals surface area contributed by atoms with Crippen LogP contribution in [-0.4, -0.2) is 47.6 Å². The van der Waals surface area contributed by atoms with Crippen LogP contribution >= 0.6 is 0 Å². The summed E-state index contributed by atoms with van der Waals surface area (Å²) < 4.78 is 0. The van der Waals surface area contributed by atoms with Gasteiger partial charge in [0, 0.05) is 0 Å². The van der Waals surface area contributed by atoms with E-state index in [1.165, 1.54) is 12.4 Å². The number of rotatable bonds is 7. The van der Waals surface area contributed by atoms with Crippen LogP contribution in [0.4, 0.5) is 0 Å². The highest BCUT2D eigenvalue weighted by atomic mass is 16.5.